The maximum Gasteiger partial charge on any atom is 0.405 e. The molecule has 2 N–H and O–H groups in total. The van der Waals surface area contributed by atoms with Gasteiger partial charge in [-0.05, 0) is 43.0 Å². The predicted octanol–water partition coefficient (Wildman–Crippen LogP) is 3.65. The van der Waals surface area contributed by atoms with Crippen molar-refractivity contribution in [2.75, 3.05) is 39.3 Å². The molecule has 1 aliphatic heterocycles. The van der Waals surface area contributed by atoms with Gasteiger partial charge in [0.2, 0.25) is 5.91 Å². The first-order chi connectivity index (χ1) is 15.8. The van der Waals surface area contributed by atoms with E-state index in [1.165, 1.54) is 0 Å². The monoisotopic (exact) mass is 461 g/mol. The summed E-state index contributed by atoms with van der Waals surface area (Å²) in [6.07, 6.45) is 3.42. The summed E-state index contributed by atoms with van der Waals surface area (Å²) in [4.78, 5) is 39.8. The number of Topliss-reactive ketones (excluding diaryl/α,β-unsaturated/α-hetero) is 1. The van der Waals surface area contributed by atoms with E-state index in [0.717, 1.165) is 56.6 Å². The number of ketones is 1. The van der Waals surface area contributed by atoms with Crippen molar-refractivity contribution in [1.82, 2.24) is 15.1 Å². The van der Waals surface area contributed by atoms with Gasteiger partial charge in [-0.25, -0.2) is 4.79 Å². The molecule has 0 aromatic heterocycles. The first-order valence-corrected chi connectivity index (χ1v) is 12.1. The van der Waals surface area contributed by atoms with Gasteiger partial charge in [0.15, 0.2) is 5.78 Å². The van der Waals surface area contributed by atoms with Gasteiger partial charge in [0.05, 0.1) is 6.61 Å². The fourth-order valence-corrected chi connectivity index (χ4v) is 3.93. The van der Waals surface area contributed by atoms with Crippen molar-refractivity contribution >= 4 is 17.8 Å². The fraction of sp³-hybridized carbons (Fsp3) is 0.640. The van der Waals surface area contributed by atoms with Gasteiger partial charge in [-0.2, -0.15) is 0 Å². The van der Waals surface area contributed by atoms with Gasteiger partial charge >= 0.3 is 6.09 Å². The molecular formula is C25H39N3O5. The molecule has 0 bridgehead atoms. The number of unbranched alkanes of at least 4 members (excludes halogenated alkanes) is 2. The molecule has 1 fully saturated rings. The Morgan fingerprint density at radius 2 is 1.70 bits per heavy atom. The van der Waals surface area contributed by atoms with E-state index in [4.69, 9.17) is 9.84 Å². The predicted molar refractivity (Wildman–Crippen MR) is 128 cm³/mol. The Morgan fingerprint density at radius 3 is 2.27 bits per heavy atom. The van der Waals surface area contributed by atoms with Gasteiger partial charge in [-0.15, -0.1) is 0 Å². The average molecular weight is 462 g/mol. The van der Waals surface area contributed by atoms with Gasteiger partial charge in [-0.1, -0.05) is 33.6 Å². The van der Waals surface area contributed by atoms with E-state index in [-0.39, 0.29) is 17.6 Å². The Morgan fingerprint density at radius 1 is 1.03 bits per heavy atom. The molecule has 8 nitrogen and oxygen atoms in total. The molecule has 184 valence electrons. The standard InChI is InChI=1S/C25H39N3O5/c1-4-5-6-8-22(29)20-9-11-21(12-10-20)33-18-7-13-27-14-16-28(17-15-27)24(30)23(19(2)3)26-25(31)32/h9-12,19,23,26H,4-8,13-18H2,1-3H3,(H,31,32)/t23-/m0/s1. The number of ether oxygens (including phenoxy) is 1. The summed E-state index contributed by atoms with van der Waals surface area (Å²) < 4.78 is 5.82. The molecule has 1 aliphatic rings. The molecule has 0 radical (unpaired) electrons. The van der Waals surface area contributed by atoms with Crippen LogP contribution < -0.4 is 10.1 Å². The van der Waals surface area contributed by atoms with Crippen LogP contribution in [0, 0.1) is 5.92 Å². The number of carboxylic acid groups (broad SMARTS) is 1. The third-order valence-electron chi connectivity index (χ3n) is 5.97. The molecule has 2 amide bonds. The summed E-state index contributed by atoms with van der Waals surface area (Å²) in [7, 11) is 0. The molecule has 8 heteroatoms. The third-order valence-corrected chi connectivity index (χ3v) is 5.97. The summed E-state index contributed by atoms with van der Waals surface area (Å²) >= 11 is 0. The zero-order valence-electron chi connectivity index (χ0n) is 20.2. The van der Waals surface area contributed by atoms with E-state index in [2.05, 4.69) is 17.1 Å². The van der Waals surface area contributed by atoms with Crippen molar-refractivity contribution < 1.29 is 24.2 Å². The topological polar surface area (TPSA) is 99.2 Å². The Bertz CT molecular complexity index is 758. The van der Waals surface area contributed by atoms with Crippen molar-refractivity contribution in [3.8, 4) is 5.75 Å². The smallest absolute Gasteiger partial charge is 0.405 e. The van der Waals surface area contributed by atoms with Crippen LogP contribution in [0.5, 0.6) is 5.75 Å². The highest BCUT2D eigenvalue weighted by Crippen LogP contribution is 2.15. The minimum Gasteiger partial charge on any atom is -0.494 e. The highest BCUT2D eigenvalue weighted by atomic mass is 16.5. The molecule has 2 rings (SSSR count). The van der Waals surface area contributed by atoms with Crippen molar-refractivity contribution in [2.24, 2.45) is 5.92 Å². The molecule has 1 saturated heterocycles. The van der Waals surface area contributed by atoms with Crippen LogP contribution >= 0.6 is 0 Å². The number of rotatable bonds is 13. The first-order valence-electron chi connectivity index (χ1n) is 12.1. The summed E-state index contributed by atoms with van der Waals surface area (Å²) in [5, 5.41) is 11.3. The van der Waals surface area contributed by atoms with E-state index in [9.17, 15) is 14.4 Å². The van der Waals surface area contributed by atoms with Crippen LogP contribution in [0.25, 0.3) is 0 Å². The zero-order chi connectivity index (χ0) is 24.2. The maximum absolute atomic E-state index is 12.7. The molecule has 0 saturated carbocycles. The summed E-state index contributed by atoms with van der Waals surface area (Å²) in [6, 6.07) is 6.68. The molecular weight excluding hydrogens is 422 g/mol. The Labute approximate surface area is 197 Å². The van der Waals surface area contributed by atoms with Crippen LogP contribution in [-0.4, -0.2) is 78.1 Å². The number of hydrogen-bond donors (Lipinski definition) is 2. The Hall–Kier alpha value is -2.61. The number of benzene rings is 1. The van der Waals surface area contributed by atoms with Crippen LogP contribution in [0.4, 0.5) is 4.79 Å². The summed E-state index contributed by atoms with van der Waals surface area (Å²) in [5.74, 6) is 0.701. The quantitative estimate of drug-likeness (QED) is 0.344. The SMILES string of the molecule is CCCCCC(=O)c1ccc(OCCCN2CCN(C(=O)[C@@H](NC(=O)O)C(C)C)CC2)cc1. The maximum atomic E-state index is 12.7. The molecule has 0 aliphatic carbocycles. The number of amides is 2. The highest BCUT2D eigenvalue weighted by Gasteiger charge is 2.30. The van der Waals surface area contributed by atoms with Crippen molar-refractivity contribution in [1.29, 1.82) is 0 Å². The molecule has 1 heterocycles. The second-order valence-corrected chi connectivity index (χ2v) is 8.94. The second-order valence-electron chi connectivity index (χ2n) is 8.94. The van der Waals surface area contributed by atoms with E-state index >= 15 is 0 Å². The number of nitrogens with zero attached hydrogens (tertiary/aromatic N) is 2. The molecule has 0 unspecified atom stereocenters. The van der Waals surface area contributed by atoms with Gasteiger partial charge in [-0.3, -0.25) is 14.5 Å². The zero-order valence-corrected chi connectivity index (χ0v) is 20.2. The summed E-state index contributed by atoms with van der Waals surface area (Å²) in [5.41, 5.74) is 0.740. The van der Waals surface area contributed by atoms with E-state index in [1.807, 2.05) is 38.1 Å². The molecule has 33 heavy (non-hydrogen) atoms. The van der Waals surface area contributed by atoms with Crippen molar-refractivity contribution in [2.45, 2.75) is 58.9 Å². The Balaban J connectivity index is 1.67. The lowest BCUT2D eigenvalue weighted by atomic mass is 10.0. The van der Waals surface area contributed by atoms with Crippen LogP contribution in [0.3, 0.4) is 0 Å². The average Bonchev–Trinajstić information content (AvgIpc) is 2.80. The van der Waals surface area contributed by atoms with E-state index < -0.39 is 12.1 Å². The van der Waals surface area contributed by atoms with Gasteiger partial charge in [0.25, 0.3) is 0 Å². The number of carbonyl (C=O) groups is 3. The van der Waals surface area contributed by atoms with Crippen LogP contribution in [0.2, 0.25) is 0 Å². The number of nitrogens with one attached hydrogen (secondary N) is 1. The van der Waals surface area contributed by atoms with E-state index in [1.54, 1.807) is 4.90 Å². The van der Waals surface area contributed by atoms with Crippen molar-refractivity contribution in [3.05, 3.63) is 29.8 Å². The molecule has 1 aromatic carbocycles. The fourth-order valence-electron chi connectivity index (χ4n) is 3.93. The van der Waals surface area contributed by atoms with Crippen LogP contribution in [0.15, 0.2) is 24.3 Å². The second kappa shape index (κ2) is 13.8. The lowest BCUT2D eigenvalue weighted by Crippen LogP contribution is -2.56. The normalized spacial score (nSPS) is 15.3. The number of carbonyl (C=O) groups excluding carboxylic acids is 2. The lowest BCUT2D eigenvalue weighted by Gasteiger charge is -2.37. The molecule has 1 atom stereocenters. The Kier molecular flexibility index (Phi) is 11.2. The number of hydrogen-bond acceptors (Lipinski definition) is 5. The van der Waals surface area contributed by atoms with E-state index in [0.29, 0.717) is 26.1 Å². The van der Waals surface area contributed by atoms with Crippen LogP contribution in [0.1, 0.15) is 63.2 Å². The van der Waals surface area contributed by atoms with Crippen LogP contribution in [-0.2, 0) is 4.79 Å². The first kappa shape index (κ1) is 26.6. The number of piperazine rings is 1. The van der Waals surface area contributed by atoms with Gasteiger partial charge < -0.3 is 20.1 Å². The molecule has 0 spiro atoms. The highest BCUT2D eigenvalue weighted by molar-refractivity contribution is 5.96. The minimum absolute atomic E-state index is 0.1000. The molecule has 1 aromatic rings. The largest absolute Gasteiger partial charge is 0.494 e. The third kappa shape index (κ3) is 9.04. The van der Waals surface area contributed by atoms with Gasteiger partial charge in [0, 0.05) is 44.7 Å². The van der Waals surface area contributed by atoms with Crippen molar-refractivity contribution in [3.63, 3.8) is 0 Å². The van der Waals surface area contributed by atoms with Gasteiger partial charge in [0.1, 0.15) is 11.8 Å². The minimum atomic E-state index is -1.17. The lowest BCUT2D eigenvalue weighted by molar-refractivity contribution is -0.136. The summed E-state index contributed by atoms with van der Waals surface area (Å²) in [6.45, 7) is 9.98.